The number of imidazole rings is 2. The van der Waals surface area contributed by atoms with E-state index in [4.69, 9.17) is 23.2 Å². The van der Waals surface area contributed by atoms with Crippen molar-refractivity contribution in [3.05, 3.63) is 119 Å². The van der Waals surface area contributed by atoms with E-state index in [9.17, 15) is 13.0 Å². The summed E-state index contributed by atoms with van der Waals surface area (Å²) in [6, 6.07) is 22.5. The molecule has 6 aromatic heterocycles. The summed E-state index contributed by atoms with van der Waals surface area (Å²) < 4.78 is 42.0. The Morgan fingerprint density at radius 2 is 1.08 bits per heavy atom. The maximum Gasteiger partial charge on any atom is 0.220 e. The van der Waals surface area contributed by atoms with Gasteiger partial charge < -0.3 is 0 Å². The Bertz CT molecular complexity index is 2570. The predicted molar refractivity (Wildman–Crippen MR) is 194 cm³/mol. The van der Waals surface area contributed by atoms with Crippen LogP contribution in [0.2, 0.25) is 10.3 Å². The fourth-order valence-corrected chi connectivity index (χ4v) is 6.15. The van der Waals surface area contributed by atoms with E-state index >= 15 is 0 Å². The van der Waals surface area contributed by atoms with Gasteiger partial charge in [-0.3, -0.25) is 13.3 Å². The van der Waals surface area contributed by atoms with Crippen LogP contribution < -0.4 is 0 Å². The van der Waals surface area contributed by atoms with Crippen molar-refractivity contribution in [1.82, 2.24) is 49.0 Å². The average molecular weight is 760 g/mol. The molecule has 0 aliphatic heterocycles. The van der Waals surface area contributed by atoms with Gasteiger partial charge in [0, 0.05) is 29.8 Å². The number of fused-ring (bicyclic) bond motifs is 2. The van der Waals surface area contributed by atoms with Crippen molar-refractivity contribution in [3.63, 3.8) is 0 Å². The first-order valence-electron chi connectivity index (χ1n) is 14.8. The minimum Gasteiger partial charge on any atom is -0.274 e. The van der Waals surface area contributed by atoms with Crippen molar-refractivity contribution >= 4 is 68.1 Å². The van der Waals surface area contributed by atoms with Gasteiger partial charge in [0.2, 0.25) is 5.16 Å². The smallest absolute Gasteiger partial charge is 0.220 e. The molecule has 51 heavy (non-hydrogen) atoms. The second-order valence-electron chi connectivity index (χ2n) is 10.6. The van der Waals surface area contributed by atoms with Gasteiger partial charge in [-0.1, -0.05) is 35.0 Å². The molecule has 1 atom stereocenters. The number of rotatable bonds is 6. The van der Waals surface area contributed by atoms with Gasteiger partial charge in [0.15, 0.2) is 16.5 Å². The number of benzene rings is 2. The number of nitrogens with zero attached hydrogens (tertiary/aromatic N) is 10. The Labute approximate surface area is 305 Å². The van der Waals surface area contributed by atoms with E-state index in [0.29, 0.717) is 61.1 Å². The third-order valence-corrected chi connectivity index (χ3v) is 9.00. The molecule has 0 saturated carbocycles. The minimum atomic E-state index is -1.33. The van der Waals surface area contributed by atoms with Crippen molar-refractivity contribution in [2.75, 3.05) is 12.5 Å². The van der Waals surface area contributed by atoms with E-state index in [1.807, 2.05) is 16.9 Å². The topological polar surface area (TPSA) is 130 Å². The minimum absolute atomic E-state index is 0.205. The Kier molecular flexibility index (Phi) is 9.77. The molecule has 254 valence electrons. The third kappa shape index (κ3) is 7.19. The molecule has 8 rings (SSSR count). The molecule has 0 saturated heterocycles. The fourth-order valence-electron chi connectivity index (χ4n) is 5.08. The molecule has 0 fully saturated rings. The van der Waals surface area contributed by atoms with E-state index in [2.05, 4.69) is 39.9 Å². The zero-order chi connectivity index (χ0) is 35.6. The number of aromatic nitrogens is 10. The first kappa shape index (κ1) is 34.2. The molecule has 17 heteroatoms. The fraction of sp³-hybridized carbons (Fsp3) is 0.0588. The van der Waals surface area contributed by atoms with Gasteiger partial charge in [0.05, 0.1) is 21.8 Å². The SMILES string of the molecule is CS(=O)c1nccc(-n2c(-c3ccc(F)cc3)nc3nc(Cl)ccc32)n1.CSc1nccc(-n2c(-c3ccc(F)cc3)nc3nc(Cl)ccc32)n1. The summed E-state index contributed by atoms with van der Waals surface area (Å²) in [7, 11) is -1.33. The second kappa shape index (κ2) is 14.6. The molecule has 0 spiro atoms. The first-order chi connectivity index (χ1) is 24.7. The number of hydrogen-bond acceptors (Lipinski definition) is 10. The molecule has 2 aromatic carbocycles. The Morgan fingerprint density at radius 1 is 0.608 bits per heavy atom. The molecule has 11 nitrogen and oxygen atoms in total. The summed E-state index contributed by atoms with van der Waals surface area (Å²) in [5.41, 5.74) is 3.78. The Morgan fingerprint density at radius 3 is 1.55 bits per heavy atom. The third-order valence-electron chi connectivity index (χ3n) is 7.31. The van der Waals surface area contributed by atoms with Gasteiger partial charge in [-0.05, 0) is 91.2 Å². The van der Waals surface area contributed by atoms with Crippen LogP contribution in [0, 0.1) is 11.6 Å². The quantitative estimate of drug-likeness (QED) is 0.0941. The summed E-state index contributed by atoms with van der Waals surface area (Å²) in [6.45, 7) is 0. The Hall–Kier alpha value is -5.22. The molecule has 8 aromatic rings. The van der Waals surface area contributed by atoms with Crippen LogP contribution in [0.15, 0.2) is 108 Å². The highest BCUT2D eigenvalue weighted by Gasteiger charge is 2.19. The van der Waals surface area contributed by atoms with Crippen molar-refractivity contribution < 1.29 is 13.0 Å². The molecule has 6 heterocycles. The highest BCUT2D eigenvalue weighted by atomic mass is 35.5. The van der Waals surface area contributed by atoms with Crippen LogP contribution in [0.1, 0.15) is 0 Å². The van der Waals surface area contributed by atoms with Crippen molar-refractivity contribution in [2.24, 2.45) is 0 Å². The lowest BCUT2D eigenvalue weighted by atomic mass is 10.2. The maximum absolute atomic E-state index is 13.3. The number of pyridine rings is 2. The summed E-state index contributed by atoms with van der Waals surface area (Å²) in [5, 5.41) is 1.52. The lowest BCUT2D eigenvalue weighted by Crippen LogP contribution is -2.05. The van der Waals surface area contributed by atoms with Gasteiger partial charge in [0.1, 0.15) is 45.2 Å². The molecule has 0 aliphatic carbocycles. The van der Waals surface area contributed by atoms with Crippen molar-refractivity contribution in [1.29, 1.82) is 0 Å². The highest BCUT2D eigenvalue weighted by Crippen LogP contribution is 2.30. The standard InChI is InChI=1S/C17H11ClFN5OS.C17H11ClFN5S/c1-26(25)17-20-9-8-14(22-17)24-12-6-7-13(18)21-15(12)23-16(24)10-2-4-11(19)5-3-10;1-25-17-20-9-8-14(22-17)24-12-6-7-13(18)21-15(12)23-16(24)10-2-4-11(19)5-3-10/h2-9H,1H3;2-9H,1H3. The average Bonchev–Trinajstić information content (AvgIpc) is 3.71. The van der Waals surface area contributed by atoms with Crippen molar-refractivity contribution in [3.8, 4) is 34.4 Å². The lowest BCUT2D eigenvalue weighted by Gasteiger charge is -2.09. The van der Waals surface area contributed by atoms with E-state index in [1.54, 1.807) is 65.4 Å². The molecule has 0 aliphatic rings. The number of thioether (sulfide) groups is 1. The summed E-state index contributed by atoms with van der Waals surface area (Å²) in [5.74, 6) is 1.61. The predicted octanol–water partition coefficient (Wildman–Crippen LogP) is 7.80. The lowest BCUT2D eigenvalue weighted by molar-refractivity contribution is 0.627. The second-order valence-corrected chi connectivity index (χ2v) is 13.4. The highest BCUT2D eigenvalue weighted by molar-refractivity contribution is 7.98. The van der Waals surface area contributed by atoms with Gasteiger partial charge >= 0.3 is 0 Å². The monoisotopic (exact) mass is 758 g/mol. The van der Waals surface area contributed by atoms with Crippen LogP contribution in [0.25, 0.3) is 56.7 Å². The van der Waals surface area contributed by atoms with E-state index in [-0.39, 0.29) is 16.8 Å². The van der Waals surface area contributed by atoms with Gasteiger partial charge in [-0.25, -0.2) is 48.7 Å². The maximum atomic E-state index is 13.3. The van der Waals surface area contributed by atoms with E-state index < -0.39 is 10.8 Å². The molecule has 1 unspecified atom stereocenters. The van der Waals surface area contributed by atoms with Crippen LogP contribution in [0.4, 0.5) is 8.78 Å². The van der Waals surface area contributed by atoms with Crippen LogP contribution in [0.3, 0.4) is 0 Å². The molecule has 0 amide bonds. The van der Waals surface area contributed by atoms with Crippen LogP contribution in [-0.2, 0) is 10.8 Å². The molecular formula is C34H22Cl2F2N10OS2. The zero-order valence-electron chi connectivity index (χ0n) is 26.4. The summed E-state index contributed by atoms with van der Waals surface area (Å²) in [6.07, 6.45) is 6.64. The largest absolute Gasteiger partial charge is 0.274 e. The normalized spacial score (nSPS) is 11.8. The first-order valence-corrected chi connectivity index (χ1v) is 18.4. The number of hydrogen-bond donors (Lipinski definition) is 0. The number of halogens is 4. The zero-order valence-corrected chi connectivity index (χ0v) is 29.6. The Balaban J connectivity index is 0.000000159. The molecule has 0 N–H and O–H groups in total. The van der Waals surface area contributed by atoms with Crippen LogP contribution in [-0.4, -0.2) is 65.7 Å². The van der Waals surface area contributed by atoms with Crippen LogP contribution >= 0.6 is 35.0 Å². The van der Waals surface area contributed by atoms with Crippen LogP contribution in [0.5, 0.6) is 0 Å². The van der Waals surface area contributed by atoms with E-state index in [0.717, 1.165) is 11.1 Å². The van der Waals surface area contributed by atoms with Gasteiger partial charge in [0.25, 0.3) is 0 Å². The molecule has 0 radical (unpaired) electrons. The molecular weight excluding hydrogens is 737 g/mol. The summed E-state index contributed by atoms with van der Waals surface area (Å²) >= 11 is 13.4. The van der Waals surface area contributed by atoms with Gasteiger partial charge in [-0.2, -0.15) is 0 Å². The summed E-state index contributed by atoms with van der Waals surface area (Å²) in [4.78, 5) is 34.8. The van der Waals surface area contributed by atoms with Crippen molar-refractivity contribution in [2.45, 2.75) is 10.3 Å². The molecule has 0 bridgehead atoms. The van der Waals surface area contributed by atoms with E-state index in [1.165, 1.54) is 48.5 Å². The van der Waals surface area contributed by atoms with Gasteiger partial charge in [-0.15, -0.1) is 0 Å².